The molecule has 3 aromatic rings. The molecule has 0 bridgehead atoms. The van der Waals surface area contributed by atoms with Crippen LogP contribution in [0.2, 0.25) is 5.02 Å². The summed E-state index contributed by atoms with van der Waals surface area (Å²) in [7, 11) is -2.22. The lowest BCUT2D eigenvalue weighted by Crippen LogP contribution is -2.33. The van der Waals surface area contributed by atoms with E-state index in [1.807, 2.05) is 36.4 Å². The molecule has 3 aromatic carbocycles. The summed E-state index contributed by atoms with van der Waals surface area (Å²) in [4.78, 5) is 12.9. The van der Waals surface area contributed by atoms with Gasteiger partial charge in [0.15, 0.2) is 0 Å². The Labute approximate surface area is 170 Å². The monoisotopic (exact) mass is 416 g/mol. The standard InChI is InChI=1S/C21H21ClN2O3S/c1-14(2)24(3)28(26,27)16-11-12-19(22)18(13-16)21(25)23-20-10-6-8-15-7-4-5-9-17(15)20/h4-14H,1-3H3,(H,23,25). The van der Waals surface area contributed by atoms with E-state index in [1.165, 1.54) is 29.6 Å². The highest BCUT2D eigenvalue weighted by atomic mass is 35.5. The predicted molar refractivity (Wildman–Crippen MR) is 113 cm³/mol. The van der Waals surface area contributed by atoms with Gasteiger partial charge in [-0.05, 0) is 43.5 Å². The second-order valence-electron chi connectivity index (χ2n) is 6.74. The van der Waals surface area contributed by atoms with Crippen molar-refractivity contribution in [3.05, 3.63) is 71.2 Å². The SMILES string of the molecule is CC(C)N(C)S(=O)(=O)c1ccc(Cl)c(C(=O)Nc2cccc3ccccc23)c1. The van der Waals surface area contributed by atoms with Crippen molar-refractivity contribution in [2.75, 3.05) is 12.4 Å². The van der Waals surface area contributed by atoms with Crippen LogP contribution in [0.3, 0.4) is 0 Å². The van der Waals surface area contributed by atoms with E-state index in [0.29, 0.717) is 5.69 Å². The number of hydrogen-bond acceptors (Lipinski definition) is 3. The molecular weight excluding hydrogens is 396 g/mol. The summed E-state index contributed by atoms with van der Waals surface area (Å²) in [6.07, 6.45) is 0. The average molecular weight is 417 g/mol. The number of nitrogens with zero attached hydrogens (tertiary/aromatic N) is 1. The summed E-state index contributed by atoms with van der Waals surface area (Å²) in [6, 6.07) is 17.2. The number of sulfonamides is 1. The first-order chi connectivity index (χ1) is 13.2. The third kappa shape index (κ3) is 3.90. The highest BCUT2D eigenvalue weighted by molar-refractivity contribution is 7.89. The van der Waals surface area contributed by atoms with Crippen LogP contribution in [0.1, 0.15) is 24.2 Å². The van der Waals surface area contributed by atoms with Crippen molar-refractivity contribution >= 4 is 44.0 Å². The van der Waals surface area contributed by atoms with E-state index in [4.69, 9.17) is 11.6 Å². The smallest absolute Gasteiger partial charge is 0.257 e. The fraction of sp³-hybridized carbons (Fsp3) is 0.190. The molecule has 0 saturated heterocycles. The van der Waals surface area contributed by atoms with Crippen LogP contribution >= 0.6 is 11.6 Å². The van der Waals surface area contributed by atoms with E-state index in [1.54, 1.807) is 19.9 Å². The van der Waals surface area contributed by atoms with Gasteiger partial charge in [-0.1, -0.05) is 48.0 Å². The zero-order valence-electron chi connectivity index (χ0n) is 15.8. The second kappa shape index (κ2) is 7.91. The van der Waals surface area contributed by atoms with E-state index >= 15 is 0 Å². The van der Waals surface area contributed by atoms with Crippen molar-refractivity contribution in [3.8, 4) is 0 Å². The van der Waals surface area contributed by atoms with Gasteiger partial charge in [0.2, 0.25) is 10.0 Å². The molecule has 0 aliphatic rings. The molecule has 0 aromatic heterocycles. The summed E-state index contributed by atoms with van der Waals surface area (Å²) in [5, 5.41) is 4.90. The third-order valence-electron chi connectivity index (χ3n) is 4.62. The van der Waals surface area contributed by atoms with Crippen LogP contribution in [0.5, 0.6) is 0 Å². The van der Waals surface area contributed by atoms with Crippen molar-refractivity contribution < 1.29 is 13.2 Å². The first-order valence-electron chi connectivity index (χ1n) is 8.78. The van der Waals surface area contributed by atoms with Crippen LogP contribution < -0.4 is 5.32 Å². The number of hydrogen-bond donors (Lipinski definition) is 1. The van der Waals surface area contributed by atoms with Crippen LogP contribution in [-0.2, 0) is 10.0 Å². The predicted octanol–water partition coefficient (Wildman–Crippen LogP) is 4.77. The average Bonchev–Trinajstić information content (AvgIpc) is 2.67. The van der Waals surface area contributed by atoms with Crippen LogP contribution in [0, 0.1) is 0 Å². The maximum Gasteiger partial charge on any atom is 0.257 e. The summed E-state index contributed by atoms with van der Waals surface area (Å²) in [6.45, 7) is 3.56. The Morgan fingerprint density at radius 1 is 1.04 bits per heavy atom. The number of rotatable bonds is 5. The van der Waals surface area contributed by atoms with E-state index < -0.39 is 15.9 Å². The Morgan fingerprint density at radius 3 is 2.43 bits per heavy atom. The number of amides is 1. The van der Waals surface area contributed by atoms with Gasteiger partial charge in [0.1, 0.15) is 0 Å². The third-order valence-corrected chi connectivity index (χ3v) is 6.98. The Morgan fingerprint density at radius 2 is 1.71 bits per heavy atom. The molecule has 0 aliphatic carbocycles. The van der Waals surface area contributed by atoms with Gasteiger partial charge in [-0.2, -0.15) is 4.31 Å². The largest absolute Gasteiger partial charge is 0.321 e. The maximum atomic E-state index is 12.9. The van der Waals surface area contributed by atoms with E-state index in [9.17, 15) is 13.2 Å². The minimum Gasteiger partial charge on any atom is -0.321 e. The van der Waals surface area contributed by atoms with E-state index in [0.717, 1.165) is 10.8 Å². The first-order valence-corrected chi connectivity index (χ1v) is 10.6. The van der Waals surface area contributed by atoms with Crippen molar-refractivity contribution in [3.63, 3.8) is 0 Å². The number of benzene rings is 3. The molecule has 0 atom stereocenters. The number of halogens is 1. The number of carbonyl (C=O) groups excluding carboxylic acids is 1. The molecule has 0 saturated carbocycles. The molecular formula is C21H21ClN2O3S. The van der Waals surface area contributed by atoms with Gasteiger partial charge in [-0.15, -0.1) is 0 Å². The summed E-state index contributed by atoms with van der Waals surface area (Å²) < 4.78 is 26.7. The topological polar surface area (TPSA) is 66.5 Å². The van der Waals surface area contributed by atoms with Gasteiger partial charge in [-0.3, -0.25) is 4.79 Å². The summed E-state index contributed by atoms with van der Waals surface area (Å²) in [5.41, 5.74) is 0.736. The normalized spacial score (nSPS) is 11.9. The molecule has 0 spiro atoms. The maximum absolute atomic E-state index is 12.9. The molecule has 0 radical (unpaired) electrons. The Bertz CT molecular complexity index is 1140. The van der Waals surface area contributed by atoms with Crippen molar-refractivity contribution in [2.45, 2.75) is 24.8 Å². The van der Waals surface area contributed by atoms with Crippen LogP contribution in [0.15, 0.2) is 65.6 Å². The first kappa shape index (κ1) is 20.3. The Kier molecular flexibility index (Phi) is 5.74. The minimum absolute atomic E-state index is 0.0242. The molecule has 5 nitrogen and oxygen atoms in total. The van der Waals surface area contributed by atoms with Gasteiger partial charge >= 0.3 is 0 Å². The van der Waals surface area contributed by atoms with Crippen LogP contribution in [0.4, 0.5) is 5.69 Å². The van der Waals surface area contributed by atoms with Gasteiger partial charge in [0.05, 0.1) is 15.5 Å². The van der Waals surface area contributed by atoms with Gasteiger partial charge in [0.25, 0.3) is 5.91 Å². The Hall–Kier alpha value is -2.41. The molecule has 1 N–H and O–H groups in total. The van der Waals surface area contributed by atoms with E-state index in [-0.39, 0.29) is 21.5 Å². The lowest BCUT2D eigenvalue weighted by molar-refractivity contribution is 0.102. The van der Waals surface area contributed by atoms with Crippen molar-refractivity contribution in [2.24, 2.45) is 0 Å². The highest BCUT2D eigenvalue weighted by Gasteiger charge is 2.25. The molecule has 3 rings (SSSR count). The van der Waals surface area contributed by atoms with Crippen molar-refractivity contribution in [1.82, 2.24) is 4.31 Å². The zero-order valence-corrected chi connectivity index (χ0v) is 17.4. The Balaban J connectivity index is 1.98. The van der Waals surface area contributed by atoms with Gasteiger partial charge in [0, 0.05) is 24.2 Å². The molecule has 1 amide bonds. The molecule has 0 heterocycles. The molecule has 146 valence electrons. The highest BCUT2D eigenvalue weighted by Crippen LogP contribution is 2.27. The van der Waals surface area contributed by atoms with Crippen LogP contribution in [-0.4, -0.2) is 31.7 Å². The molecule has 0 fully saturated rings. The second-order valence-corrected chi connectivity index (χ2v) is 9.14. The van der Waals surface area contributed by atoms with Crippen LogP contribution in [0.25, 0.3) is 10.8 Å². The molecule has 0 unspecified atom stereocenters. The number of fused-ring (bicyclic) bond motifs is 1. The molecule has 28 heavy (non-hydrogen) atoms. The number of anilines is 1. The zero-order chi connectivity index (χ0) is 20.5. The minimum atomic E-state index is -3.72. The lowest BCUT2D eigenvalue weighted by atomic mass is 10.1. The summed E-state index contributed by atoms with van der Waals surface area (Å²) in [5.74, 6) is -0.467. The van der Waals surface area contributed by atoms with Gasteiger partial charge < -0.3 is 5.32 Å². The fourth-order valence-corrected chi connectivity index (χ4v) is 4.40. The fourth-order valence-electron chi connectivity index (χ4n) is 2.81. The van der Waals surface area contributed by atoms with Gasteiger partial charge in [-0.25, -0.2) is 8.42 Å². The van der Waals surface area contributed by atoms with E-state index in [2.05, 4.69) is 5.32 Å². The number of nitrogens with one attached hydrogen (secondary N) is 1. The molecule has 7 heteroatoms. The molecule has 0 aliphatic heterocycles. The lowest BCUT2D eigenvalue weighted by Gasteiger charge is -2.21. The number of carbonyl (C=O) groups is 1. The quantitative estimate of drug-likeness (QED) is 0.651. The van der Waals surface area contributed by atoms with Crippen molar-refractivity contribution in [1.29, 1.82) is 0 Å². The summed E-state index contributed by atoms with van der Waals surface area (Å²) >= 11 is 6.20.